The fourth-order valence-electron chi connectivity index (χ4n) is 6.92. The van der Waals surface area contributed by atoms with E-state index in [2.05, 4.69) is 17.1 Å². The second-order valence-electron chi connectivity index (χ2n) is 13.0. The summed E-state index contributed by atoms with van der Waals surface area (Å²) >= 11 is 0. The van der Waals surface area contributed by atoms with Gasteiger partial charge in [0.05, 0.1) is 25.4 Å². The number of rotatable bonds is 11. The summed E-state index contributed by atoms with van der Waals surface area (Å²) in [5.41, 5.74) is 2.99. The van der Waals surface area contributed by atoms with Crippen LogP contribution in [-0.4, -0.2) is 54.9 Å². The van der Waals surface area contributed by atoms with Crippen LogP contribution in [0.4, 0.5) is 22.0 Å². The Bertz CT molecular complexity index is 1810. The lowest BCUT2D eigenvalue weighted by molar-refractivity contribution is -0.276. The van der Waals surface area contributed by atoms with Gasteiger partial charge < -0.3 is 24.6 Å². The molecule has 2 aliphatic rings. The molecule has 12 heteroatoms. The standard InChI is InChI=1S/C39H39F5N2O5/c1-22-30(19-46-17-5-7-28(46)21-49-2)50-39(51-37(22)25-11-9-23(20-47)10-12-25)26-15-13-24(14-16-26)29-8-4-3-6-27(29)18-45-38(48)31-32(40)34(42)36(44)35(43)33(31)41/h3-4,6,8-16,22,28,30,37,39,47H,5,7,17-21H2,1-2H3,(H,45,48)/t22-,28+,30+,37+,39+/m1/s1. The summed E-state index contributed by atoms with van der Waals surface area (Å²) in [6.45, 7) is 4.13. The predicted octanol–water partition coefficient (Wildman–Crippen LogP) is 7.37. The second-order valence-corrected chi connectivity index (χ2v) is 13.0. The number of ether oxygens (including phenoxy) is 3. The first-order valence-electron chi connectivity index (χ1n) is 16.8. The van der Waals surface area contributed by atoms with Crippen molar-refractivity contribution in [1.82, 2.24) is 10.2 Å². The molecule has 0 saturated carbocycles. The third-order valence-corrected chi connectivity index (χ3v) is 9.78. The largest absolute Gasteiger partial charge is 0.392 e. The van der Waals surface area contributed by atoms with E-state index in [1.165, 1.54) is 0 Å². The molecule has 6 rings (SSSR count). The van der Waals surface area contributed by atoms with Gasteiger partial charge in [-0.25, -0.2) is 22.0 Å². The van der Waals surface area contributed by atoms with Crippen LogP contribution in [0.5, 0.6) is 0 Å². The van der Waals surface area contributed by atoms with E-state index in [1.54, 1.807) is 31.4 Å². The van der Waals surface area contributed by atoms with Gasteiger partial charge in [0.1, 0.15) is 5.56 Å². The van der Waals surface area contributed by atoms with E-state index in [0.717, 1.165) is 41.6 Å². The van der Waals surface area contributed by atoms with Crippen LogP contribution in [0.25, 0.3) is 11.1 Å². The van der Waals surface area contributed by atoms with Crippen LogP contribution in [0.2, 0.25) is 0 Å². The molecule has 270 valence electrons. The van der Waals surface area contributed by atoms with Crippen LogP contribution in [-0.2, 0) is 27.4 Å². The van der Waals surface area contributed by atoms with Gasteiger partial charge in [0.2, 0.25) is 5.82 Å². The van der Waals surface area contributed by atoms with Crippen LogP contribution in [0.1, 0.15) is 64.8 Å². The van der Waals surface area contributed by atoms with Crippen molar-refractivity contribution in [3.05, 3.63) is 130 Å². The normalized spacial score (nSPS) is 22.3. The smallest absolute Gasteiger partial charge is 0.257 e. The molecular formula is C39H39F5N2O5. The van der Waals surface area contributed by atoms with Crippen molar-refractivity contribution in [1.29, 1.82) is 0 Å². The van der Waals surface area contributed by atoms with Gasteiger partial charge in [0.25, 0.3) is 5.91 Å². The van der Waals surface area contributed by atoms with Gasteiger partial charge in [-0.15, -0.1) is 0 Å². The molecular weight excluding hydrogens is 671 g/mol. The molecule has 2 saturated heterocycles. The van der Waals surface area contributed by atoms with E-state index in [0.29, 0.717) is 30.3 Å². The maximum Gasteiger partial charge on any atom is 0.257 e. The first-order chi connectivity index (χ1) is 24.6. The van der Waals surface area contributed by atoms with Crippen molar-refractivity contribution in [2.75, 3.05) is 26.8 Å². The molecule has 0 radical (unpaired) electrons. The Labute approximate surface area is 292 Å². The fourth-order valence-corrected chi connectivity index (χ4v) is 6.92. The summed E-state index contributed by atoms with van der Waals surface area (Å²) in [6, 6.07) is 22.5. The molecule has 4 aromatic rings. The Morgan fingerprint density at radius 2 is 1.53 bits per heavy atom. The maximum absolute atomic E-state index is 14.2. The summed E-state index contributed by atoms with van der Waals surface area (Å²) < 4.78 is 88.2. The van der Waals surface area contributed by atoms with Crippen molar-refractivity contribution >= 4 is 5.91 Å². The molecule has 2 fully saturated rings. The van der Waals surface area contributed by atoms with Crippen LogP contribution in [0.15, 0.2) is 72.8 Å². The van der Waals surface area contributed by atoms with Gasteiger partial charge in [-0.05, 0) is 47.2 Å². The van der Waals surface area contributed by atoms with E-state index in [4.69, 9.17) is 14.2 Å². The summed E-state index contributed by atoms with van der Waals surface area (Å²) in [5, 5.41) is 11.9. The summed E-state index contributed by atoms with van der Waals surface area (Å²) in [7, 11) is 1.71. The number of methoxy groups -OCH3 is 1. The number of hydrogen-bond acceptors (Lipinski definition) is 6. The topological polar surface area (TPSA) is 80.3 Å². The molecule has 4 aromatic carbocycles. The molecule has 2 heterocycles. The Morgan fingerprint density at radius 1 is 0.882 bits per heavy atom. The van der Waals surface area contributed by atoms with Gasteiger partial charge in [0.15, 0.2) is 29.6 Å². The molecule has 2 N–H and O–H groups in total. The highest BCUT2D eigenvalue weighted by Crippen LogP contribution is 2.42. The zero-order chi connectivity index (χ0) is 36.2. The van der Waals surface area contributed by atoms with E-state index < -0.39 is 46.8 Å². The van der Waals surface area contributed by atoms with Crippen molar-refractivity contribution in [3.63, 3.8) is 0 Å². The first-order valence-corrected chi connectivity index (χ1v) is 16.8. The number of nitrogens with zero attached hydrogens (tertiary/aromatic N) is 1. The Morgan fingerprint density at radius 3 is 2.20 bits per heavy atom. The Hall–Kier alpha value is -4.20. The SMILES string of the molecule is COC[C@@H]1CCCN1C[C@@H]1O[C@H](c2ccc(-c3ccccc3CNC(=O)c3c(F)c(F)c(F)c(F)c3F)cc2)O[C@H](c2ccc(CO)cc2)[C@@H]1C. The third-order valence-electron chi connectivity index (χ3n) is 9.78. The molecule has 51 heavy (non-hydrogen) atoms. The third kappa shape index (κ3) is 7.70. The number of amides is 1. The van der Waals surface area contributed by atoms with Gasteiger partial charge in [-0.3, -0.25) is 9.69 Å². The number of halogens is 5. The summed E-state index contributed by atoms with van der Waals surface area (Å²) in [4.78, 5) is 15.0. The number of likely N-dealkylation sites (tertiary alicyclic amines) is 1. The molecule has 0 aliphatic carbocycles. The molecule has 2 aliphatic heterocycles. The molecule has 0 unspecified atom stereocenters. The molecule has 0 bridgehead atoms. The number of benzene rings is 4. The Balaban J connectivity index is 1.22. The minimum atomic E-state index is -2.33. The lowest BCUT2D eigenvalue weighted by Crippen LogP contribution is -2.46. The highest BCUT2D eigenvalue weighted by molar-refractivity contribution is 5.95. The number of aliphatic hydroxyl groups excluding tert-OH is 1. The van der Waals surface area contributed by atoms with E-state index >= 15 is 0 Å². The molecule has 5 atom stereocenters. The van der Waals surface area contributed by atoms with Gasteiger partial charge in [-0.1, -0.05) is 79.7 Å². The fraction of sp³-hybridized carbons (Fsp3) is 0.359. The molecule has 0 spiro atoms. The van der Waals surface area contributed by atoms with Crippen molar-refractivity contribution in [2.45, 2.75) is 57.5 Å². The Kier molecular flexibility index (Phi) is 11.5. The number of nitrogens with one attached hydrogen (secondary N) is 1. The van der Waals surface area contributed by atoms with Crippen molar-refractivity contribution in [3.8, 4) is 11.1 Å². The molecule has 1 amide bonds. The van der Waals surface area contributed by atoms with Crippen molar-refractivity contribution in [2.24, 2.45) is 5.92 Å². The molecule has 7 nitrogen and oxygen atoms in total. The average molecular weight is 711 g/mol. The number of carbonyl (C=O) groups is 1. The number of hydrogen-bond donors (Lipinski definition) is 2. The second kappa shape index (κ2) is 16.0. The first kappa shape index (κ1) is 36.6. The van der Waals surface area contributed by atoms with Gasteiger partial charge >= 0.3 is 0 Å². The van der Waals surface area contributed by atoms with E-state index in [9.17, 15) is 31.9 Å². The highest BCUT2D eigenvalue weighted by Gasteiger charge is 2.40. The van der Waals surface area contributed by atoms with E-state index in [1.807, 2.05) is 48.5 Å². The van der Waals surface area contributed by atoms with Crippen LogP contribution in [0, 0.1) is 35.0 Å². The number of carbonyl (C=O) groups excluding carboxylic acids is 1. The lowest BCUT2D eigenvalue weighted by Gasteiger charge is -2.43. The maximum atomic E-state index is 14.2. The van der Waals surface area contributed by atoms with Gasteiger partial charge in [0, 0.05) is 37.7 Å². The monoisotopic (exact) mass is 710 g/mol. The quantitative estimate of drug-likeness (QED) is 0.0962. The van der Waals surface area contributed by atoms with Crippen LogP contribution < -0.4 is 5.32 Å². The minimum Gasteiger partial charge on any atom is -0.392 e. The predicted molar refractivity (Wildman–Crippen MR) is 179 cm³/mol. The number of aliphatic hydroxyl groups is 1. The zero-order valence-corrected chi connectivity index (χ0v) is 28.2. The van der Waals surface area contributed by atoms with Crippen LogP contribution in [0.3, 0.4) is 0 Å². The average Bonchev–Trinajstić information content (AvgIpc) is 3.59. The zero-order valence-electron chi connectivity index (χ0n) is 28.2. The van der Waals surface area contributed by atoms with Gasteiger partial charge in [-0.2, -0.15) is 0 Å². The lowest BCUT2D eigenvalue weighted by atomic mass is 9.89. The van der Waals surface area contributed by atoms with E-state index in [-0.39, 0.29) is 31.3 Å². The van der Waals surface area contributed by atoms with Crippen LogP contribution >= 0.6 is 0 Å². The minimum absolute atomic E-state index is 0.0104. The highest BCUT2D eigenvalue weighted by atomic mass is 19.2. The summed E-state index contributed by atoms with van der Waals surface area (Å²) in [6.07, 6.45) is 1.01. The summed E-state index contributed by atoms with van der Waals surface area (Å²) in [5.74, 6) is -12.5. The molecule has 0 aromatic heterocycles. The van der Waals surface area contributed by atoms with Crippen molar-refractivity contribution < 1.29 is 46.1 Å².